The van der Waals surface area contributed by atoms with E-state index < -0.39 is 0 Å². The van der Waals surface area contributed by atoms with Crippen molar-refractivity contribution in [2.24, 2.45) is 0 Å². The van der Waals surface area contributed by atoms with Crippen molar-refractivity contribution in [1.82, 2.24) is 10.2 Å². The molecule has 0 aliphatic carbocycles. The van der Waals surface area contributed by atoms with Crippen LogP contribution in [0.2, 0.25) is 5.02 Å². The average Bonchev–Trinajstić information content (AvgIpc) is 2.99. The molecule has 1 heterocycles. The van der Waals surface area contributed by atoms with E-state index in [0.29, 0.717) is 16.5 Å². The molecule has 4 nitrogen and oxygen atoms in total. The molecule has 1 aliphatic heterocycles. The fraction of sp³-hybridized carbons (Fsp3) is 0.625. The van der Waals surface area contributed by atoms with Crippen LogP contribution in [0, 0.1) is 0 Å². The molecule has 0 bridgehead atoms. The van der Waals surface area contributed by atoms with Gasteiger partial charge in [-0.2, -0.15) is 0 Å². The molecule has 1 saturated heterocycles. The van der Waals surface area contributed by atoms with Crippen molar-refractivity contribution in [3.8, 4) is 11.5 Å². The first-order chi connectivity index (χ1) is 10.2. The monoisotopic (exact) mass is 312 g/mol. The molecular weight excluding hydrogens is 288 g/mol. The number of hydrogen-bond acceptors (Lipinski definition) is 4. The van der Waals surface area contributed by atoms with Crippen LogP contribution in [0.5, 0.6) is 11.5 Å². The quantitative estimate of drug-likeness (QED) is 0.748. The zero-order valence-electron chi connectivity index (χ0n) is 13.0. The normalized spacial score (nSPS) is 15.4. The Morgan fingerprint density at radius 2 is 1.95 bits per heavy atom. The molecule has 1 aliphatic rings. The Morgan fingerprint density at radius 3 is 2.62 bits per heavy atom. The van der Waals surface area contributed by atoms with E-state index in [9.17, 15) is 0 Å². The van der Waals surface area contributed by atoms with Crippen LogP contribution in [0.3, 0.4) is 0 Å². The first-order valence-electron chi connectivity index (χ1n) is 7.58. The van der Waals surface area contributed by atoms with E-state index in [2.05, 4.69) is 10.2 Å². The maximum Gasteiger partial charge on any atom is 0.179 e. The van der Waals surface area contributed by atoms with Crippen molar-refractivity contribution in [3.63, 3.8) is 0 Å². The van der Waals surface area contributed by atoms with E-state index in [4.69, 9.17) is 21.1 Å². The third kappa shape index (κ3) is 4.77. The van der Waals surface area contributed by atoms with Crippen molar-refractivity contribution >= 4 is 11.6 Å². The number of nitrogens with zero attached hydrogens (tertiary/aromatic N) is 1. The summed E-state index contributed by atoms with van der Waals surface area (Å²) in [6.07, 6.45) is 3.90. The fourth-order valence-electron chi connectivity index (χ4n) is 2.74. The summed E-state index contributed by atoms with van der Waals surface area (Å²) in [6.45, 7) is 5.54. The molecule has 0 unspecified atom stereocenters. The largest absolute Gasteiger partial charge is 0.493 e. The van der Waals surface area contributed by atoms with Gasteiger partial charge in [-0.05, 0) is 63.1 Å². The highest BCUT2D eigenvalue weighted by Gasteiger charge is 2.11. The lowest BCUT2D eigenvalue weighted by Crippen LogP contribution is -2.24. The number of ether oxygens (including phenoxy) is 2. The second-order valence-corrected chi connectivity index (χ2v) is 5.80. The zero-order valence-corrected chi connectivity index (χ0v) is 13.7. The number of likely N-dealkylation sites (tertiary alicyclic amines) is 1. The van der Waals surface area contributed by atoms with E-state index in [1.807, 2.05) is 12.1 Å². The smallest absolute Gasteiger partial charge is 0.179 e. The van der Waals surface area contributed by atoms with Gasteiger partial charge in [-0.3, -0.25) is 0 Å². The highest BCUT2D eigenvalue weighted by molar-refractivity contribution is 6.32. The van der Waals surface area contributed by atoms with Gasteiger partial charge in [0.15, 0.2) is 11.5 Å². The number of rotatable bonds is 8. The van der Waals surface area contributed by atoms with Gasteiger partial charge in [-0.25, -0.2) is 0 Å². The number of hydrogen-bond donors (Lipinski definition) is 1. The van der Waals surface area contributed by atoms with Crippen LogP contribution < -0.4 is 14.8 Å². The standard InChI is InChI=1S/C16H25ClN2O2/c1-20-15-11-13(10-14(17)16(15)21-2)12-18-6-5-9-19-7-3-4-8-19/h10-11,18H,3-9,12H2,1-2H3. The Hall–Kier alpha value is -0.970. The van der Waals surface area contributed by atoms with Crippen LogP contribution in [0.25, 0.3) is 0 Å². The van der Waals surface area contributed by atoms with Crippen LogP contribution in [0.15, 0.2) is 12.1 Å². The zero-order chi connectivity index (χ0) is 15.1. The highest BCUT2D eigenvalue weighted by atomic mass is 35.5. The van der Waals surface area contributed by atoms with E-state index in [0.717, 1.165) is 18.7 Å². The second-order valence-electron chi connectivity index (χ2n) is 5.39. The summed E-state index contributed by atoms with van der Waals surface area (Å²) < 4.78 is 10.5. The summed E-state index contributed by atoms with van der Waals surface area (Å²) >= 11 is 6.20. The summed E-state index contributed by atoms with van der Waals surface area (Å²) in [5.41, 5.74) is 1.11. The Kier molecular flexibility index (Phi) is 6.61. The molecule has 0 spiro atoms. The van der Waals surface area contributed by atoms with E-state index in [-0.39, 0.29) is 0 Å². The second kappa shape index (κ2) is 8.47. The van der Waals surface area contributed by atoms with Crippen LogP contribution in [0.4, 0.5) is 0 Å². The van der Waals surface area contributed by atoms with Crippen LogP contribution >= 0.6 is 11.6 Å². The molecule has 1 fully saturated rings. The van der Waals surface area contributed by atoms with Crippen molar-refractivity contribution in [1.29, 1.82) is 0 Å². The molecule has 118 valence electrons. The third-order valence-corrected chi connectivity index (χ3v) is 4.13. The SMILES string of the molecule is COc1cc(CNCCCN2CCCC2)cc(Cl)c1OC. The van der Waals surface area contributed by atoms with Gasteiger partial charge < -0.3 is 19.7 Å². The molecule has 21 heavy (non-hydrogen) atoms. The molecule has 0 radical (unpaired) electrons. The molecule has 0 aromatic heterocycles. The number of nitrogens with one attached hydrogen (secondary N) is 1. The first kappa shape index (κ1) is 16.4. The summed E-state index contributed by atoms with van der Waals surface area (Å²) in [5, 5.41) is 4.05. The lowest BCUT2D eigenvalue weighted by molar-refractivity contribution is 0.331. The topological polar surface area (TPSA) is 33.7 Å². The number of methoxy groups -OCH3 is 2. The molecule has 0 saturated carbocycles. The van der Waals surface area contributed by atoms with Gasteiger partial charge in [-0.15, -0.1) is 0 Å². The average molecular weight is 313 g/mol. The molecule has 1 aromatic rings. The van der Waals surface area contributed by atoms with Crippen LogP contribution in [0.1, 0.15) is 24.8 Å². The van der Waals surface area contributed by atoms with Gasteiger partial charge >= 0.3 is 0 Å². The summed E-state index contributed by atoms with van der Waals surface area (Å²) in [7, 11) is 3.22. The third-order valence-electron chi connectivity index (χ3n) is 3.85. The first-order valence-corrected chi connectivity index (χ1v) is 7.96. The highest BCUT2D eigenvalue weighted by Crippen LogP contribution is 2.35. The lowest BCUT2D eigenvalue weighted by Gasteiger charge is -2.15. The van der Waals surface area contributed by atoms with Crippen molar-refractivity contribution in [2.45, 2.75) is 25.8 Å². The van der Waals surface area contributed by atoms with Gasteiger partial charge in [-0.1, -0.05) is 11.6 Å². The molecule has 5 heteroatoms. The van der Waals surface area contributed by atoms with Crippen molar-refractivity contribution < 1.29 is 9.47 Å². The predicted molar refractivity (Wildman–Crippen MR) is 86.6 cm³/mol. The predicted octanol–water partition coefficient (Wildman–Crippen LogP) is 2.93. The number of benzene rings is 1. The van der Waals surface area contributed by atoms with Crippen LogP contribution in [-0.2, 0) is 6.54 Å². The van der Waals surface area contributed by atoms with Gasteiger partial charge in [0.1, 0.15) is 0 Å². The Morgan fingerprint density at radius 1 is 1.19 bits per heavy atom. The summed E-state index contributed by atoms with van der Waals surface area (Å²) in [4.78, 5) is 2.54. The molecule has 1 N–H and O–H groups in total. The molecule has 1 aromatic carbocycles. The van der Waals surface area contributed by atoms with Gasteiger partial charge in [0, 0.05) is 6.54 Å². The Balaban J connectivity index is 1.76. The van der Waals surface area contributed by atoms with E-state index in [1.165, 1.54) is 38.9 Å². The van der Waals surface area contributed by atoms with Crippen LogP contribution in [-0.4, -0.2) is 45.3 Å². The van der Waals surface area contributed by atoms with E-state index in [1.54, 1.807) is 14.2 Å². The van der Waals surface area contributed by atoms with Gasteiger partial charge in [0.2, 0.25) is 0 Å². The maximum absolute atomic E-state index is 6.20. The maximum atomic E-state index is 6.20. The summed E-state index contributed by atoms with van der Waals surface area (Å²) in [5.74, 6) is 1.27. The minimum Gasteiger partial charge on any atom is -0.493 e. The van der Waals surface area contributed by atoms with Gasteiger partial charge in [0.05, 0.1) is 19.2 Å². The molecule has 0 amide bonds. The molecule has 0 atom stereocenters. The Bertz CT molecular complexity index is 448. The minimum atomic E-state index is 0.589. The van der Waals surface area contributed by atoms with Gasteiger partial charge in [0.25, 0.3) is 0 Å². The molecular formula is C16H25ClN2O2. The molecule has 2 rings (SSSR count). The lowest BCUT2D eigenvalue weighted by atomic mass is 10.2. The van der Waals surface area contributed by atoms with Crippen molar-refractivity contribution in [2.75, 3.05) is 40.4 Å². The fourth-order valence-corrected chi connectivity index (χ4v) is 3.05. The van der Waals surface area contributed by atoms with E-state index >= 15 is 0 Å². The number of halogens is 1. The minimum absolute atomic E-state index is 0.589. The summed E-state index contributed by atoms with van der Waals surface area (Å²) in [6, 6.07) is 3.90. The Labute approximate surface area is 132 Å². The van der Waals surface area contributed by atoms with Crippen molar-refractivity contribution in [3.05, 3.63) is 22.7 Å².